The van der Waals surface area contributed by atoms with Gasteiger partial charge in [-0.3, -0.25) is 0 Å². The van der Waals surface area contributed by atoms with E-state index in [0.717, 1.165) is 0 Å². The lowest BCUT2D eigenvalue weighted by Crippen LogP contribution is -2.61. The molecule has 1 amide bonds. The van der Waals surface area contributed by atoms with Crippen LogP contribution in [-0.4, -0.2) is 45.2 Å². The number of hydrogen-bond acceptors (Lipinski definition) is 5. The number of rotatable bonds is 9. The summed E-state index contributed by atoms with van der Waals surface area (Å²) in [6, 6.07) is 0. The third kappa shape index (κ3) is 6.49. The Morgan fingerprint density at radius 2 is 1.41 bits per heavy atom. The predicted octanol–water partition coefficient (Wildman–Crippen LogP) is 5.03. The molecule has 0 aromatic carbocycles. The summed E-state index contributed by atoms with van der Waals surface area (Å²) in [5, 5.41) is 2.74. The zero-order valence-electron chi connectivity index (χ0n) is 19.2. The van der Waals surface area contributed by atoms with Crippen LogP contribution in [-0.2, 0) is 18.7 Å². The van der Waals surface area contributed by atoms with E-state index in [4.69, 9.17) is 13.9 Å². The summed E-state index contributed by atoms with van der Waals surface area (Å²) < 4.78 is 17.0. The Balaban J connectivity index is 5.78. The molecule has 0 saturated carbocycles. The van der Waals surface area contributed by atoms with Gasteiger partial charge in [0.25, 0.3) is 0 Å². The Kier molecular flexibility index (Phi) is 9.52. The molecule has 0 aliphatic heterocycles. The largest absolute Gasteiger partial charge is 0.467 e. The molecule has 0 bridgehead atoms. The van der Waals surface area contributed by atoms with E-state index in [2.05, 4.69) is 46.9 Å². The lowest BCUT2D eigenvalue weighted by molar-refractivity contribution is -0.150. The van der Waals surface area contributed by atoms with Crippen LogP contribution in [0, 0.1) is 0 Å². The molecule has 0 saturated heterocycles. The summed E-state index contributed by atoms with van der Waals surface area (Å²) in [5.74, 6) is -0.518. The minimum Gasteiger partial charge on any atom is -0.467 e. The molecule has 0 fully saturated rings. The van der Waals surface area contributed by atoms with E-state index in [1.165, 1.54) is 7.11 Å². The minimum absolute atomic E-state index is 0.0795. The molecule has 0 rings (SSSR count). The standard InChI is InChI=1S/C20H41NO5Si/c1-12-20(17(22)24-11,21-18(23)26-19(8,9)10)13-25-27(14(2)3,15(4)5)16(6)7/h14-16H,12-13H2,1-11H3,(H,21,23)/t20-/m1/s1. The van der Waals surface area contributed by atoms with Gasteiger partial charge in [0.1, 0.15) is 5.60 Å². The second-order valence-corrected chi connectivity index (χ2v) is 14.6. The average Bonchev–Trinajstić information content (AvgIpc) is 2.50. The molecule has 0 unspecified atom stereocenters. The van der Waals surface area contributed by atoms with Crippen molar-refractivity contribution in [1.29, 1.82) is 0 Å². The number of carbonyl (C=O) groups is 2. The first-order chi connectivity index (χ1) is 12.2. The maximum absolute atomic E-state index is 12.6. The second kappa shape index (κ2) is 9.91. The van der Waals surface area contributed by atoms with Crippen LogP contribution in [0.3, 0.4) is 0 Å². The number of hydrogen-bond donors (Lipinski definition) is 1. The molecule has 7 heteroatoms. The highest BCUT2D eigenvalue weighted by molar-refractivity contribution is 6.77. The Labute approximate surface area is 166 Å². The maximum Gasteiger partial charge on any atom is 0.408 e. The topological polar surface area (TPSA) is 73.9 Å². The first-order valence-electron chi connectivity index (χ1n) is 9.92. The number of esters is 1. The summed E-state index contributed by atoms with van der Waals surface area (Å²) in [7, 11) is -0.889. The number of amides is 1. The first-order valence-corrected chi connectivity index (χ1v) is 12.1. The molecular weight excluding hydrogens is 362 g/mol. The van der Waals surface area contributed by atoms with Crippen LogP contribution in [0.4, 0.5) is 4.79 Å². The molecule has 1 N–H and O–H groups in total. The second-order valence-electron chi connectivity index (χ2n) is 9.16. The molecule has 1 atom stereocenters. The number of ether oxygens (including phenoxy) is 2. The van der Waals surface area contributed by atoms with Crippen LogP contribution < -0.4 is 5.32 Å². The van der Waals surface area contributed by atoms with Gasteiger partial charge in [0.15, 0.2) is 13.9 Å². The van der Waals surface area contributed by atoms with Crippen molar-refractivity contribution >= 4 is 20.4 Å². The summed E-state index contributed by atoms with van der Waals surface area (Å²) in [6.07, 6.45) is -0.304. The van der Waals surface area contributed by atoms with Gasteiger partial charge in [-0.2, -0.15) is 0 Å². The third-order valence-corrected chi connectivity index (χ3v) is 11.3. The maximum atomic E-state index is 12.6. The van der Waals surface area contributed by atoms with Crippen molar-refractivity contribution in [1.82, 2.24) is 5.32 Å². The Hall–Kier alpha value is -1.08. The summed E-state index contributed by atoms with van der Waals surface area (Å²) in [5.41, 5.74) is -0.829. The Morgan fingerprint density at radius 3 is 1.70 bits per heavy atom. The molecular formula is C20H41NO5Si. The van der Waals surface area contributed by atoms with E-state index >= 15 is 0 Å². The van der Waals surface area contributed by atoms with E-state index in [0.29, 0.717) is 23.0 Å². The number of methoxy groups -OCH3 is 1. The fourth-order valence-electron chi connectivity index (χ4n) is 3.92. The van der Waals surface area contributed by atoms with Crippen molar-refractivity contribution in [3.8, 4) is 0 Å². The van der Waals surface area contributed by atoms with Crippen LogP contribution in [0.2, 0.25) is 16.6 Å². The van der Waals surface area contributed by atoms with E-state index in [9.17, 15) is 9.59 Å². The molecule has 0 aliphatic carbocycles. The van der Waals surface area contributed by atoms with Crippen molar-refractivity contribution in [2.24, 2.45) is 0 Å². The molecule has 0 aliphatic rings. The van der Waals surface area contributed by atoms with Gasteiger partial charge >= 0.3 is 12.1 Å². The third-order valence-electron chi connectivity index (χ3n) is 5.20. The minimum atomic E-state index is -2.21. The van der Waals surface area contributed by atoms with E-state index in [-0.39, 0.29) is 6.61 Å². The van der Waals surface area contributed by atoms with Gasteiger partial charge < -0.3 is 19.2 Å². The van der Waals surface area contributed by atoms with Gasteiger partial charge in [0.05, 0.1) is 13.7 Å². The van der Waals surface area contributed by atoms with Crippen molar-refractivity contribution in [2.75, 3.05) is 13.7 Å². The molecule has 0 spiro atoms. The van der Waals surface area contributed by atoms with E-state index in [1.54, 1.807) is 20.8 Å². The summed E-state index contributed by atoms with van der Waals surface area (Å²) >= 11 is 0. The molecule has 6 nitrogen and oxygen atoms in total. The molecule has 0 aromatic heterocycles. The van der Waals surface area contributed by atoms with Gasteiger partial charge in [-0.05, 0) is 43.8 Å². The zero-order valence-corrected chi connectivity index (χ0v) is 20.2. The van der Waals surface area contributed by atoms with Gasteiger partial charge in [0.2, 0.25) is 0 Å². The van der Waals surface area contributed by atoms with Crippen LogP contribution in [0.1, 0.15) is 75.7 Å². The van der Waals surface area contributed by atoms with Crippen LogP contribution >= 0.6 is 0 Å². The molecule has 0 aromatic rings. The highest BCUT2D eigenvalue weighted by Gasteiger charge is 2.49. The number of carbonyl (C=O) groups excluding carboxylic acids is 2. The predicted molar refractivity (Wildman–Crippen MR) is 111 cm³/mol. The average molecular weight is 404 g/mol. The fourth-order valence-corrected chi connectivity index (χ4v) is 9.42. The van der Waals surface area contributed by atoms with Gasteiger partial charge in [-0.15, -0.1) is 0 Å². The normalized spacial score (nSPS) is 15.0. The Morgan fingerprint density at radius 1 is 0.963 bits per heavy atom. The van der Waals surface area contributed by atoms with Crippen molar-refractivity contribution in [3.05, 3.63) is 0 Å². The Bertz CT molecular complexity index is 477. The fraction of sp³-hybridized carbons (Fsp3) is 0.900. The van der Waals surface area contributed by atoms with Crippen LogP contribution in [0.5, 0.6) is 0 Å². The molecule has 160 valence electrons. The first kappa shape index (κ1) is 25.9. The number of nitrogens with one attached hydrogen (secondary N) is 1. The van der Waals surface area contributed by atoms with Gasteiger partial charge in [-0.1, -0.05) is 48.5 Å². The van der Waals surface area contributed by atoms with E-state index in [1.807, 2.05) is 6.92 Å². The monoisotopic (exact) mass is 403 g/mol. The number of alkyl carbamates (subject to hydrolysis) is 1. The lowest BCUT2D eigenvalue weighted by Gasteiger charge is -2.44. The van der Waals surface area contributed by atoms with Crippen molar-refractivity contribution in [3.63, 3.8) is 0 Å². The molecule has 0 radical (unpaired) electrons. The lowest BCUT2D eigenvalue weighted by atomic mass is 9.98. The SMILES string of the molecule is CC[C@](CO[Si](C(C)C)(C(C)C)C(C)C)(NC(=O)OC(C)(C)C)C(=O)OC. The van der Waals surface area contributed by atoms with Crippen LogP contribution in [0.25, 0.3) is 0 Å². The molecule has 27 heavy (non-hydrogen) atoms. The highest BCUT2D eigenvalue weighted by Crippen LogP contribution is 2.42. The van der Waals surface area contributed by atoms with E-state index < -0.39 is 31.5 Å². The van der Waals surface area contributed by atoms with Crippen molar-refractivity contribution < 1.29 is 23.5 Å². The zero-order chi connectivity index (χ0) is 21.6. The van der Waals surface area contributed by atoms with Gasteiger partial charge in [-0.25, -0.2) is 9.59 Å². The highest BCUT2D eigenvalue weighted by atomic mass is 28.4. The summed E-state index contributed by atoms with van der Waals surface area (Å²) in [6.45, 7) is 20.3. The molecule has 0 heterocycles. The van der Waals surface area contributed by atoms with Crippen LogP contribution in [0.15, 0.2) is 0 Å². The van der Waals surface area contributed by atoms with Crippen molar-refractivity contribution in [2.45, 2.75) is 103 Å². The smallest absolute Gasteiger partial charge is 0.408 e. The quantitative estimate of drug-likeness (QED) is 0.432. The summed E-state index contributed by atoms with van der Waals surface area (Å²) in [4.78, 5) is 25.0. The van der Waals surface area contributed by atoms with Gasteiger partial charge in [0, 0.05) is 0 Å².